The maximum Gasteiger partial charge on any atom is 0.171 e. The van der Waals surface area contributed by atoms with Crippen LogP contribution in [0, 0.1) is 11.7 Å². The molecule has 0 bridgehead atoms. The van der Waals surface area contributed by atoms with Gasteiger partial charge in [0.15, 0.2) is 6.29 Å². The zero-order valence-corrected chi connectivity index (χ0v) is 11.7. The fourth-order valence-electron chi connectivity index (χ4n) is 2.47. The molecule has 0 aromatic heterocycles. The van der Waals surface area contributed by atoms with Gasteiger partial charge in [-0.05, 0) is 43.4 Å². The molecule has 19 heavy (non-hydrogen) atoms. The van der Waals surface area contributed by atoms with E-state index in [4.69, 9.17) is 9.47 Å². The lowest BCUT2D eigenvalue weighted by Crippen LogP contribution is -2.42. The third kappa shape index (κ3) is 3.75. The molecule has 3 nitrogen and oxygen atoms in total. The Hall–Kier alpha value is -0.970. The summed E-state index contributed by atoms with van der Waals surface area (Å²) in [6.07, 6.45) is 2.15. The van der Waals surface area contributed by atoms with Crippen LogP contribution in [0.5, 0.6) is 0 Å². The van der Waals surface area contributed by atoms with E-state index in [0.29, 0.717) is 5.92 Å². The van der Waals surface area contributed by atoms with Crippen molar-refractivity contribution >= 4 is 0 Å². The van der Waals surface area contributed by atoms with Crippen LogP contribution >= 0.6 is 0 Å². The second kappa shape index (κ2) is 6.46. The fraction of sp³-hybridized carbons (Fsp3) is 0.600. The van der Waals surface area contributed by atoms with Crippen LogP contribution in [0.2, 0.25) is 0 Å². The zero-order valence-electron chi connectivity index (χ0n) is 11.7. The molecule has 0 radical (unpaired) electrons. The number of hydrogen-bond acceptors (Lipinski definition) is 3. The van der Waals surface area contributed by atoms with Gasteiger partial charge in [0.2, 0.25) is 0 Å². The van der Waals surface area contributed by atoms with Gasteiger partial charge in [-0.3, -0.25) is 0 Å². The van der Waals surface area contributed by atoms with E-state index in [-0.39, 0.29) is 24.2 Å². The normalized spacial score (nSPS) is 18.6. The Morgan fingerprint density at radius 1 is 1.16 bits per heavy atom. The van der Waals surface area contributed by atoms with Crippen molar-refractivity contribution in [3.05, 3.63) is 35.6 Å². The van der Waals surface area contributed by atoms with E-state index < -0.39 is 0 Å². The molecule has 2 unspecified atom stereocenters. The van der Waals surface area contributed by atoms with Gasteiger partial charge < -0.3 is 14.8 Å². The summed E-state index contributed by atoms with van der Waals surface area (Å²) in [4.78, 5) is 0. The van der Waals surface area contributed by atoms with Crippen molar-refractivity contribution in [3.63, 3.8) is 0 Å². The summed E-state index contributed by atoms with van der Waals surface area (Å²) in [6, 6.07) is 7.05. The minimum atomic E-state index is -0.276. The average molecular weight is 267 g/mol. The van der Waals surface area contributed by atoms with Gasteiger partial charge in [-0.1, -0.05) is 12.1 Å². The molecule has 2 atom stereocenters. The topological polar surface area (TPSA) is 30.5 Å². The van der Waals surface area contributed by atoms with Gasteiger partial charge in [0.25, 0.3) is 0 Å². The Bertz CT molecular complexity index is 388. The molecule has 1 aromatic rings. The Morgan fingerprint density at radius 3 is 2.21 bits per heavy atom. The quantitative estimate of drug-likeness (QED) is 0.771. The van der Waals surface area contributed by atoms with Gasteiger partial charge in [0.05, 0.1) is 6.04 Å². The van der Waals surface area contributed by atoms with Gasteiger partial charge in [0.1, 0.15) is 5.82 Å². The molecule has 0 heterocycles. The van der Waals surface area contributed by atoms with Crippen LogP contribution in [0.15, 0.2) is 24.3 Å². The Morgan fingerprint density at radius 2 is 1.74 bits per heavy atom. The summed E-state index contributed by atoms with van der Waals surface area (Å²) in [7, 11) is 3.27. The molecule has 0 saturated heterocycles. The standard InChI is InChI=1S/C15H22FNO2/c1-10(15(18-2)19-3)17-14(11-4-5-11)12-6-8-13(16)9-7-12/h6-11,14-15,17H,4-5H2,1-3H3. The summed E-state index contributed by atoms with van der Waals surface area (Å²) < 4.78 is 23.6. The second-order valence-electron chi connectivity index (χ2n) is 5.16. The van der Waals surface area contributed by atoms with Crippen molar-refractivity contribution in [1.82, 2.24) is 5.32 Å². The van der Waals surface area contributed by atoms with Crippen molar-refractivity contribution in [2.24, 2.45) is 5.92 Å². The first-order valence-corrected chi connectivity index (χ1v) is 6.72. The molecule has 1 aliphatic carbocycles. The van der Waals surface area contributed by atoms with E-state index >= 15 is 0 Å². The number of halogens is 1. The number of nitrogens with one attached hydrogen (secondary N) is 1. The lowest BCUT2D eigenvalue weighted by molar-refractivity contribution is -0.121. The van der Waals surface area contributed by atoms with E-state index in [2.05, 4.69) is 5.32 Å². The molecule has 4 heteroatoms. The highest BCUT2D eigenvalue weighted by molar-refractivity contribution is 5.22. The van der Waals surface area contributed by atoms with Crippen molar-refractivity contribution in [1.29, 1.82) is 0 Å². The summed E-state index contributed by atoms with van der Waals surface area (Å²) in [6.45, 7) is 2.04. The SMILES string of the molecule is COC(OC)C(C)NC(c1ccc(F)cc1)C1CC1. The van der Waals surface area contributed by atoms with Gasteiger partial charge in [0, 0.05) is 20.3 Å². The highest BCUT2D eigenvalue weighted by Gasteiger charge is 2.34. The monoisotopic (exact) mass is 267 g/mol. The van der Waals surface area contributed by atoms with E-state index in [9.17, 15) is 4.39 Å². The summed E-state index contributed by atoms with van der Waals surface area (Å²) >= 11 is 0. The minimum absolute atomic E-state index is 0.0747. The molecule has 1 aliphatic rings. The lowest BCUT2D eigenvalue weighted by Gasteiger charge is -2.28. The Balaban J connectivity index is 2.06. The highest BCUT2D eigenvalue weighted by Crippen LogP contribution is 2.41. The van der Waals surface area contributed by atoms with Gasteiger partial charge in [-0.15, -0.1) is 0 Å². The average Bonchev–Trinajstić information content (AvgIpc) is 3.23. The van der Waals surface area contributed by atoms with E-state index in [0.717, 1.165) is 5.56 Å². The zero-order chi connectivity index (χ0) is 13.8. The number of ether oxygens (including phenoxy) is 2. The highest BCUT2D eigenvalue weighted by atomic mass is 19.1. The predicted octanol–water partition coefficient (Wildman–Crippen LogP) is 2.87. The number of rotatable bonds is 7. The van der Waals surface area contributed by atoms with Crippen molar-refractivity contribution in [2.75, 3.05) is 14.2 Å². The van der Waals surface area contributed by atoms with Gasteiger partial charge in [-0.25, -0.2) is 4.39 Å². The van der Waals surface area contributed by atoms with Gasteiger partial charge >= 0.3 is 0 Å². The number of hydrogen-bond donors (Lipinski definition) is 1. The first-order valence-electron chi connectivity index (χ1n) is 6.72. The smallest absolute Gasteiger partial charge is 0.171 e. The maximum atomic E-state index is 13.0. The molecule has 1 saturated carbocycles. The van der Waals surface area contributed by atoms with Crippen molar-refractivity contribution < 1.29 is 13.9 Å². The number of methoxy groups -OCH3 is 2. The molecule has 0 spiro atoms. The molecule has 1 fully saturated rings. The Labute approximate surface area is 114 Å². The first-order chi connectivity index (χ1) is 9.15. The number of benzene rings is 1. The summed E-state index contributed by atoms with van der Waals surface area (Å²) in [5.74, 6) is 0.431. The molecule has 106 valence electrons. The second-order valence-corrected chi connectivity index (χ2v) is 5.16. The van der Waals surface area contributed by atoms with E-state index in [1.54, 1.807) is 14.2 Å². The van der Waals surface area contributed by atoms with E-state index in [1.165, 1.54) is 25.0 Å². The molecule has 1 N–H and O–H groups in total. The van der Waals surface area contributed by atoms with Crippen LogP contribution in [0.3, 0.4) is 0 Å². The third-order valence-corrected chi connectivity index (χ3v) is 3.64. The molecule has 0 aliphatic heterocycles. The first kappa shape index (κ1) is 14.4. The van der Waals surface area contributed by atoms with Crippen LogP contribution in [-0.2, 0) is 9.47 Å². The predicted molar refractivity (Wildman–Crippen MR) is 72.3 cm³/mol. The lowest BCUT2D eigenvalue weighted by atomic mass is 10.0. The minimum Gasteiger partial charge on any atom is -0.354 e. The molecular formula is C15H22FNO2. The molecular weight excluding hydrogens is 245 g/mol. The largest absolute Gasteiger partial charge is 0.354 e. The van der Waals surface area contributed by atoms with Gasteiger partial charge in [-0.2, -0.15) is 0 Å². The third-order valence-electron chi connectivity index (χ3n) is 3.64. The fourth-order valence-corrected chi connectivity index (χ4v) is 2.47. The van der Waals surface area contributed by atoms with Crippen LogP contribution in [0.1, 0.15) is 31.4 Å². The summed E-state index contributed by atoms with van der Waals surface area (Å²) in [5, 5.41) is 3.54. The van der Waals surface area contributed by atoms with Crippen molar-refractivity contribution in [2.45, 2.75) is 38.1 Å². The van der Waals surface area contributed by atoms with Crippen LogP contribution < -0.4 is 5.32 Å². The van der Waals surface area contributed by atoms with Crippen molar-refractivity contribution in [3.8, 4) is 0 Å². The summed E-state index contributed by atoms with van der Waals surface area (Å²) in [5.41, 5.74) is 1.13. The van der Waals surface area contributed by atoms with Crippen LogP contribution in [0.4, 0.5) is 4.39 Å². The maximum absolute atomic E-state index is 13.0. The molecule has 2 rings (SSSR count). The van der Waals surface area contributed by atoms with Crippen LogP contribution in [-0.4, -0.2) is 26.6 Å². The molecule has 0 amide bonds. The van der Waals surface area contributed by atoms with E-state index in [1.807, 2.05) is 19.1 Å². The van der Waals surface area contributed by atoms with Crippen LogP contribution in [0.25, 0.3) is 0 Å². The molecule has 1 aromatic carbocycles. The Kier molecular flexibility index (Phi) is 4.91.